The van der Waals surface area contributed by atoms with Crippen molar-refractivity contribution in [1.82, 2.24) is 15.0 Å². The number of imidazole rings is 1. The molecule has 2 rings (SSSR count). The van der Waals surface area contributed by atoms with E-state index in [9.17, 15) is 9.59 Å². The average Bonchev–Trinajstić information content (AvgIpc) is 3.02. The van der Waals surface area contributed by atoms with Crippen LogP contribution in [0.3, 0.4) is 0 Å². The predicted molar refractivity (Wildman–Crippen MR) is 71.1 cm³/mol. The number of aromatic nitrogens is 3. The molecule has 1 N–H and O–H groups in total. The van der Waals surface area contributed by atoms with Crippen LogP contribution < -0.4 is 4.90 Å². The van der Waals surface area contributed by atoms with Gasteiger partial charge < -0.3 is 9.72 Å². The first-order valence-electron chi connectivity index (χ1n) is 6.00. The number of hydrogen-bond acceptors (Lipinski definition) is 5. The summed E-state index contributed by atoms with van der Waals surface area (Å²) in [7, 11) is 1.31. The number of H-pyrrole nitrogens is 1. The number of amides is 1. The molecule has 0 atom stereocenters. The predicted octanol–water partition coefficient (Wildman–Crippen LogP) is 1.01. The van der Waals surface area contributed by atoms with E-state index < -0.39 is 0 Å². The van der Waals surface area contributed by atoms with Gasteiger partial charge in [-0.05, 0) is 12.1 Å². The summed E-state index contributed by atoms with van der Waals surface area (Å²) in [5, 5.41) is 0. The summed E-state index contributed by atoms with van der Waals surface area (Å²) in [6, 6.07) is 5.22. The topological polar surface area (TPSA) is 88.2 Å². The second-order valence-electron chi connectivity index (χ2n) is 3.94. The Bertz CT molecular complexity index is 569. The van der Waals surface area contributed by atoms with Crippen molar-refractivity contribution in [3.63, 3.8) is 0 Å². The maximum Gasteiger partial charge on any atom is 0.307 e. The lowest BCUT2D eigenvalue weighted by Gasteiger charge is -2.20. The highest BCUT2D eigenvalue weighted by atomic mass is 16.5. The lowest BCUT2D eigenvalue weighted by Crippen LogP contribution is -2.34. The highest BCUT2D eigenvalue weighted by molar-refractivity contribution is 6.04. The third kappa shape index (κ3) is 3.19. The van der Waals surface area contributed by atoms with Crippen molar-refractivity contribution in [3.8, 4) is 0 Å². The zero-order chi connectivity index (χ0) is 14.4. The minimum absolute atomic E-state index is 0.0902. The fraction of sp³-hybridized carbons (Fsp3) is 0.231. The summed E-state index contributed by atoms with van der Waals surface area (Å²) < 4.78 is 4.59. The summed E-state index contributed by atoms with van der Waals surface area (Å²) >= 11 is 0. The number of nitrogens with one attached hydrogen (secondary N) is 1. The van der Waals surface area contributed by atoms with E-state index in [0.717, 1.165) is 0 Å². The van der Waals surface area contributed by atoms with Crippen molar-refractivity contribution in [3.05, 3.63) is 42.6 Å². The summed E-state index contributed by atoms with van der Waals surface area (Å²) in [6.07, 6.45) is 4.52. The zero-order valence-electron chi connectivity index (χ0n) is 10.9. The second-order valence-corrected chi connectivity index (χ2v) is 3.94. The summed E-state index contributed by atoms with van der Waals surface area (Å²) in [5.41, 5.74) is 0.334. The van der Waals surface area contributed by atoms with Gasteiger partial charge in [-0.1, -0.05) is 6.07 Å². The molecule has 0 aliphatic heterocycles. The molecule has 7 nitrogen and oxygen atoms in total. The second kappa shape index (κ2) is 6.46. The third-order valence-corrected chi connectivity index (χ3v) is 2.67. The summed E-state index contributed by atoms with van der Waals surface area (Å²) in [6.45, 7) is 0.182. The molecule has 0 fully saturated rings. The Labute approximate surface area is 115 Å². The highest BCUT2D eigenvalue weighted by Crippen LogP contribution is 2.13. The normalized spacial score (nSPS) is 10.1. The van der Waals surface area contributed by atoms with Crippen molar-refractivity contribution in [2.75, 3.05) is 18.6 Å². The standard InChI is InChI=1S/C13H14N4O3/c1-20-12(18)5-7-17(11-4-2-3-6-15-11)13(19)10-8-14-9-16-10/h2-4,6,8-9H,5,7H2,1H3,(H,14,16). The molecule has 104 valence electrons. The van der Waals surface area contributed by atoms with Crippen LogP contribution in [0.5, 0.6) is 0 Å². The molecule has 0 spiro atoms. The maximum atomic E-state index is 12.4. The summed E-state index contributed by atoms with van der Waals surface area (Å²) in [4.78, 5) is 35.7. The van der Waals surface area contributed by atoms with E-state index >= 15 is 0 Å². The van der Waals surface area contributed by atoms with Crippen LogP contribution in [0.2, 0.25) is 0 Å². The van der Waals surface area contributed by atoms with Gasteiger partial charge in [0.2, 0.25) is 0 Å². The van der Waals surface area contributed by atoms with Crippen molar-refractivity contribution in [1.29, 1.82) is 0 Å². The van der Waals surface area contributed by atoms with E-state index in [1.54, 1.807) is 24.4 Å². The zero-order valence-corrected chi connectivity index (χ0v) is 10.9. The Kier molecular flexibility index (Phi) is 4.43. The first-order valence-corrected chi connectivity index (χ1v) is 6.00. The monoisotopic (exact) mass is 274 g/mol. The Morgan fingerprint density at radius 1 is 1.40 bits per heavy atom. The average molecular weight is 274 g/mol. The van der Waals surface area contributed by atoms with Crippen LogP contribution in [-0.2, 0) is 9.53 Å². The quantitative estimate of drug-likeness (QED) is 0.822. The van der Waals surface area contributed by atoms with Crippen LogP contribution in [0.25, 0.3) is 0 Å². The van der Waals surface area contributed by atoms with Gasteiger partial charge in [0, 0.05) is 12.7 Å². The van der Waals surface area contributed by atoms with Crippen molar-refractivity contribution >= 4 is 17.7 Å². The smallest absolute Gasteiger partial charge is 0.307 e. The number of anilines is 1. The Balaban J connectivity index is 2.20. The number of nitrogens with zero attached hydrogens (tertiary/aromatic N) is 3. The van der Waals surface area contributed by atoms with Gasteiger partial charge in [-0.15, -0.1) is 0 Å². The van der Waals surface area contributed by atoms with E-state index in [-0.39, 0.29) is 24.8 Å². The number of carbonyl (C=O) groups is 2. The first-order chi connectivity index (χ1) is 9.72. The number of aromatic amines is 1. The SMILES string of the molecule is COC(=O)CCN(C(=O)c1cnc[nH]1)c1ccccn1. The Morgan fingerprint density at radius 2 is 2.25 bits per heavy atom. The van der Waals surface area contributed by atoms with Crippen molar-refractivity contribution in [2.24, 2.45) is 0 Å². The molecule has 0 unspecified atom stereocenters. The number of hydrogen-bond donors (Lipinski definition) is 1. The molecule has 20 heavy (non-hydrogen) atoms. The molecule has 0 radical (unpaired) electrons. The van der Waals surface area contributed by atoms with Gasteiger partial charge >= 0.3 is 5.97 Å². The molecule has 0 aliphatic rings. The molecule has 0 saturated carbocycles. The molecule has 2 aromatic rings. The number of ether oxygens (including phenoxy) is 1. The number of pyridine rings is 1. The molecule has 7 heteroatoms. The van der Waals surface area contributed by atoms with Crippen LogP contribution in [0.1, 0.15) is 16.9 Å². The molecule has 0 aliphatic carbocycles. The fourth-order valence-electron chi connectivity index (χ4n) is 1.66. The number of esters is 1. The van der Waals surface area contributed by atoms with Crippen LogP contribution in [0, 0.1) is 0 Å². The van der Waals surface area contributed by atoms with E-state index in [4.69, 9.17) is 0 Å². The minimum atomic E-state index is -0.386. The molecule has 0 aromatic carbocycles. The lowest BCUT2D eigenvalue weighted by molar-refractivity contribution is -0.140. The van der Waals surface area contributed by atoms with E-state index in [0.29, 0.717) is 11.5 Å². The minimum Gasteiger partial charge on any atom is -0.469 e. The van der Waals surface area contributed by atoms with Crippen molar-refractivity contribution < 1.29 is 14.3 Å². The van der Waals surface area contributed by atoms with Crippen molar-refractivity contribution in [2.45, 2.75) is 6.42 Å². The number of rotatable bonds is 5. The molecule has 0 bridgehead atoms. The first kappa shape index (κ1) is 13.7. The van der Waals surface area contributed by atoms with Gasteiger partial charge in [0.1, 0.15) is 11.5 Å². The number of methoxy groups -OCH3 is 1. The largest absolute Gasteiger partial charge is 0.469 e. The van der Waals surface area contributed by atoms with E-state index in [1.165, 1.54) is 24.5 Å². The van der Waals surface area contributed by atoms with Gasteiger partial charge in [0.15, 0.2) is 0 Å². The van der Waals surface area contributed by atoms with Crippen LogP contribution in [0.15, 0.2) is 36.9 Å². The van der Waals surface area contributed by atoms with Gasteiger partial charge in [0.05, 0.1) is 26.1 Å². The van der Waals surface area contributed by atoms with Gasteiger partial charge in [-0.25, -0.2) is 9.97 Å². The summed E-state index contributed by atoms with van der Waals surface area (Å²) in [5.74, 6) is -0.218. The Morgan fingerprint density at radius 3 is 2.85 bits per heavy atom. The molecular formula is C13H14N4O3. The molecular weight excluding hydrogens is 260 g/mol. The van der Waals surface area contributed by atoms with Gasteiger partial charge in [-0.3, -0.25) is 14.5 Å². The van der Waals surface area contributed by atoms with Crippen LogP contribution in [0.4, 0.5) is 5.82 Å². The van der Waals surface area contributed by atoms with E-state index in [1.807, 2.05) is 0 Å². The molecule has 0 saturated heterocycles. The fourth-order valence-corrected chi connectivity index (χ4v) is 1.66. The molecule has 1 amide bonds. The van der Waals surface area contributed by atoms with E-state index in [2.05, 4.69) is 19.7 Å². The van der Waals surface area contributed by atoms with Gasteiger partial charge in [0.25, 0.3) is 5.91 Å². The van der Waals surface area contributed by atoms with Gasteiger partial charge in [-0.2, -0.15) is 0 Å². The number of carbonyl (C=O) groups excluding carboxylic acids is 2. The molecule has 2 heterocycles. The lowest BCUT2D eigenvalue weighted by atomic mass is 10.3. The molecule has 2 aromatic heterocycles. The highest BCUT2D eigenvalue weighted by Gasteiger charge is 2.20. The Hall–Kier alpha value is -2.70. The van der Waals surface area contributed by atoms with Crippen LogP contribution >= 0.6 is 0 Å². The van der Waals surface area contributed by atoms with Crippen LogP contribution in [-0.4, -0.2) is 40.5 Å². The third-order valence-electron chi connectivity index (χ3n) is 2.67. The maximum absolute atomic E-state index is 12.4.